The minimum absolute atomic E-state index is 0.815. The van der Waals surface area contributed by atoms with Gasteiger partial charge in [0.25, 0.3) is 0 Å². The first kappa shape index (κ1) is 43.0. The molecule has 12 rings (SSSR count). The summed E-state index contributed by atoms with van der Waals surface area (Å²) >= 11 is 0. The molecule has 10 aromatic carbocycles. The van der Waals surface area contributed by atoms with Crippen molar-refractivity contribution in [3.8, 4) is 11.4 Å². The third-order valence-electron chi connectivity index (χ3n) is 14.2. The van der Waals surface area contributed by atoms with E-state index in [1.165, 1.54) is 10.4 Å². The monoisotopic (exact) mass is 943 g/mol. The van der Waals surface area contributed by atoms with Crippen LogP contribution < -0.4 is 42.2 Å². The molecule has 12 aromatic rings. The molecule has 1 N–H and O–H groups in total. The highest BCUT2D eigenvalue weighted by Gasteiger charge is 2.44. The van der Waals surface area contributed by atoms with Gasteiger partial charge >= 0.3 is 0 Å². The van der Waals surface area contributed by atoms with Crippen molar-refractivity contribution in [1.82, 2.24) is 9.13 Å². The summed E-state index contributed by atoms with van der Waals surface area (Å²) in [4.78, 5) is 13.1. The van der Waals surface area contributed by atoms with E-state index in [1.807, 2.05) is 97.1 Å². The Morgan fingerprint density at radius 3 is 1.14 bits per heavy atom. The smallest absolute Gasteiger partial charge is 0.238 e. The summed E-state index contributed by atoms with van der Waals surface area (Å²) in [5.74, 6) is 0. The van der Waals surface area contributed by atoms with Crippen molar-refractivity contribution in [3.05, 3.63) is 255 Å². The van der Waals surface area contributed by atoms with E-state index in [2.05, 4.69) is 180 Å². The molecule has 0 saturated heterocycles. The maximum atomic E-state index is 15.8. The zero-order valence-corrected chi connectivity index (χ0v) is 41.2. The molecule has 0 spiro atoms. The van der Waals surface area contributed by atoms with Crippen LogP contribution in [0.25, 0.3) is 55.0 Å². The third-order valence-corrected chi connectivity index (χ3v) is 23.9. The Hall–Kier alpha value is -7.36. The lowest BCUT2D eigenvalue weighted by molar-refractivity contribution is 0.592. The second kappa shape index (κ2) is 17.0. The van der Waals surface area contributed by atoms with Crippen molar-refractivity contribution in [3.63, 3.8) is 0 Å². The number of hydrogen-bond donors (Lipinski definition) is 1. The van der Waals surface area contributed by atoms with Gasteiger partial charge in [0.15, 0.2) is 7.14 Å². The fourth-order valence-electron chi connectivity index (χ4n) is 10.5. The van der Waals surface area contributed by atoms with E-state index in [1.54, 1.807) is 0 Å². The predicted molar refractivity (Wildman–Crippen MR) is 299 cm³/mol. The molecular weight excluding hydrogens is 895 g/mol. The zero-order chi connectivity index (χ0) is 46.7. The van der Waals surface area contributed by atoms with E-state index >= 15 is 4.57 Å². The van der Waals surface area contributed by atoms with E-state index in [9.17, 15) is 4.89 Å². The first-order valence-corrected chi connectivity index (χ1v) is 29.9. The van der Waals surface area contributed by atoms with Gasteiger partial charge in [-0.3, -0.25) is 0 Å². The SMILES string of the molecule is C[Si](C)(c1ccc2c(c1)c1cc(P(=O)(c3ccccc3)c3ccccc3)ccc1n2-c1ccccc1)c1ccc2c(c1)c1cc([P+](O)(c3ccccc3)c3ccccc3)ccc1n2-c1ccccc1. The molecule has 69 heavy (non-hydrogen) atoms. The van der Waals surface area contributed by atoms with Crippen LogP contribution in [0.5, 0.6) is 0 Å². The molecular formula is C62H49N2O2P2Si+. The molecule has 0 fully saturated rings. The Labute approximate surface area is 404 Å². The molecule has 0 aliphatic carbocycles. The van der Waals surface area contributed by atoms with Crippen molar-refractivity contribution < 1.29 is 9.46 Å². The molecule has 0 atom stereocenters. The highest BCUT2D eigenvalue weighted by molar-refractivity contribution is 7.91. The predicted octanol–water partition coefficient (Wildman–Crippen LogP) is 11.5. The van der Waals surface area contributed by atoms with Gasteiger partial charge in [-0.05, 0) is 97.1 Å². The summed E-state index contributed by atoms with van der Waals surface area (Å²) in [6, 6.07) is 88.6. The van der Waals surface area contributed by atoms with Crippen LogP contribution in [0.3, 0.4) is 0 Å². The topological polar surface area (TPSA) is 47.2 Å². The highest BCUT2D eigenvalue weighted by Crippen LogP contribution is 2.52. The van der Waals surface area contributed by atoms with Gasteiger partial charge in [0.2, 0.25) is 7.49 Å². The third kappa shape index (κ3) is 7.00. The number of hydrogen-bond acceptors (Lipinski definition) is 2. The fraction of sp³-hybridized carbons (Fsp3) is 0.0323. The van der Waals surface area contributed by atoms with Crippen LogP contribution in [-0.4, -0.2) is 22.1 Å². The van der Waals surface area contributed by atoms with Crippen LogP contribution >= 0.6 is 14.6 Å². The van der Waals surface area contributed by atoms with Gasteiger partial charge < -0.3 is 13.7 Å². The lowest BCUT2D eigenvalue weighted by Crippen LogP contribution is -2.52. The average molecular weight is 944 g/mol. The second-order valence-corrected chi connectivity index (χ2v) is 28.4. The minimum atomic E-state index is -3.24. The van der Waals surface area contributed by atoms with Crippen molar-refractivity contribution in [2.75, 3.05) is 0 Å². The molecule has 0 bridgehead atoms. The number of benzene rings is 10. The molecule has 4 nitrogen and oxygen atoms in total. The molecule has 0 radical (unpaired) electrons. The van der Waals surface area contributed by atoms with Crippen LogP contribution in [0.2, 0.25) is 13.1 Å². The van der Waals surface area contributed by atoms with Crippen molar-refractivity contribution in [1.29, 1.82) is 0 Å². The number of rotatable bonds is 10. The highest BCUT2D eigenvalue weighted by atomic mass is 31.2. The molecule has 0 unspecified atom stereocenters. The number of para-hydroxylation sites is 2. The molecule has 2 heterocycles. The summed E-state index contributed by atoms with van der Waals surface area (Å²) in [6.07, 6.45) is 0. The molecule has 0 aliphatic heterocycles. The van der Waals surface area contributed by atoms with Crippen LogP contribution in [0.15, 0.2) is 255 Å². The summed E-state index contributed by atoms with van der Waals surface area (Å²) in [5.41, 5.74) is 6.57. The van der Waals surface area contributed by atoms with Crippen molar-refractivity contribution in [2.45, 2.75) is 13.1 Å². The lowest BCUT2D eigenvalue weighted by atomic mass is 10.1. The van der Waals surface area contributed by atoms with E-state index in [-0.39, 0.29) is 0 Å². The number of aromatic nitrogens is 2. The van der Waals surface area contributed by atoms with Crippen LogP contribution in [0, 0.1) is 0 Å². The molecule has 7 heteroatoms. The van der Waals surface area contributed by atoms with E-state index in [0.29, 0.717) is 0 Å². The Morgan fingerprint density at radius 1 is 0.362 bits per heavy atom. The van der Waals surface area contributed by atoms with E-state index in [4.69, 9.17) is 0 Å². The molecule has 0 saturated carbocycles. The average Bonchev–Trinajstić information content (AvgIpc) is 3.93. The number of fused-ring (bicyclic) bond motifs is 6. The molecule has 0 aliphatic rings. The van der Waals surface area contributed by atoms with Gasteiger partial charge in [-0.25, -0.2) is 4.89 Å². The standard InChI is InChI=1S/C62H49N2O2P2Si/c1-69(2,53-35-39-61-57(43-53)55-41-51(33-37-59(55)63(61)45-21-9-3-10-22-45)67(65,47-25-13-5-14-26-47)48-27-15-6-16-28-48)54-36-40-62-58(44-54)56-42-52(34-38-60(56)64(62)46-23-11-4-12-24-46)68(66,49-29-17-7-18-30-49)50-31-19-8-20-32-50/h3-44,65H,1-2H3/q+1. The van der Waals surface area contributed by atoms with Gasteiger partial charge in [0.05, 0.1) is 22.1 Å². The normalized spacial score (nSPS) is 12.3. The van der Waals surface area contributed by atoms with Crippen molar-refractivity contribution in [2.24, 2.45) is 0 Å². The van der Waals surface area contributed by atoms with Crippen molar-refractivity contribution >= 4 is 109 Å². The first-order valence-electron chi connectivity index (χ1n) is 23.5. The fourth-order valence-corrected chi connectivity index (χ4v) is 18.3. The summed E-state index contributed by atoms with van der Waals surface area (Å²) < 4.78 is 20.5. The zero-order valence-electron chi connectivity index (χ0n) is 38.4. The molecule has 2 aromatic heterocycles. The largest absolute Gasteiger partial charge is 0.309 e. The maximum Gasteiger partial charge on any atom is 0.238 e. The van der Waals surface area contributed by atoms with Gasteiger partial charge in [-0.2, -0.15) is 0 Å². The van der Waals surface area contributed by atoms with Gasteiger partial charge in [-0.1, -0.05) is 181 Å². The summed E-state index contributed by atoms with van der Waals surface area (Å²) in [7, 11) is -8.67. The molecule has 332 valence electrons. The summed E-state index contributed by atoms with van der Waals surface area (Å²) in [5, 5.41) is 12.3. The minimum Gasteiger partial charge on any atom is -0.309 e. The Kier molecular flexibility index (Phi) is 10.6. The van der Waals surface area contributed by atoms with Crippen LogP contribution in [-0.2, 0) is 4.57 Å². The quantitative estimate of drug-likeness (QED) is 0.110. The van der Waals surface area contributed by atoms with E-state index < -0.39 is 22.7 Å². The Bertz CT molecular complexity index is 3810. The van der Waals surface area contributed by atoms with Gasteiger partial charge in [0, 0.05) is 48.8 Å². The lowest BCUT2D eigenvalue weighted by Gasteiger charge is -2.24. The van der Waals surface area contributed by atoms with E-state index in [0.717, 1.165) is 86.8 Å². The Morgan fingerprint density at radius 2 is 0.710 bits per heavy atom. The first-order chi connectivity index (χ1) is 33.7. The maximum absolute atomic E-state index is 15.8. The Balaban J connectivity index is 1.06. The second-order valence-electron chi connectivity index (χ2n) is 18.4. The summed E-state index contributed by atoms with van der Waals surface area (Å²) in [6.45, 7) is 4.90. The van der Waals surface area contributed by atoms with Crippen LogP contribution in [0.4, 0.5) is 0 Å². The number of nitrogens with zero attached hydrogens (tertiary/aromatic N) is 2. The van der Waals surface area contributed by atoms with Gasteiger partial charge in [-0.15, -0.1) is 0 Å². The van der Waals surface area contributed by atoms with Crippen LogP contribution in [0.1, 0.15) is 0 Å². The van der Waals surface area contributed by atoms with Gasteiger partial charge in [0.1, 0.15) is 24.0 Å². The molecule has 0 amide bonds.